The molecule has 0 atom stereocenters. The van der Waals surface area contributed by atoms with Crippen LogP contribution in [0.5, 0.6) is 0 Å². The van der Waals surface area contributed by atoms with Gasteiger partial charge in [0.2, 0.25) is 11.6 Å². The molecule has 0 bridgehead atoms. The monoisotopic (exact) mass is 425 g/mol. The number of nitro groups is 1. The fourth-order valence-electron chi connectivity index (χ4n) is 2.91. The smallest absolute Gasteiger partial charge is 0.353 e. The molecule has 2 N–H and O–H groups in total. The number of aromatic nitrogens is 2. The average Bonchev–Trinajstić information content (AvgIpc) is 2.83. The van der Waals surface area contributed by atoms with Gasteiger partial charge in [-0.3, -0.25) is 10.1 Å². The minimum atomic E-state index is -0.502. The lowest BCUT2D eigenvalue weighted by molar-refractivity contribution is -0.383. The number of nitrogens with one attached hydrogen (secondary N) is 2. The van der Waals surface area contributed by atoms with E-state index < -0.39 is 4.92 Å². The second-order valence-corrected chi connectivity index (χ2v) is 6.72. The molecular weight excluding hydrogens is 406 g/mol. The molecule has 9 nitrogen and oxygen atoms in total. The molecule has 4 rings (SSSR count). The highest BCUT2D eigenvalue weighted by molar-refractivity contribution is 5.74. The Morgan fingerprint density at radius 2 is 1.38 bits per heavy atom. The van der Waals surface area contributed by atoms with Gasteiger partial charge in [-0.15, -0.1) is 0 Å². The van der Waals surface area contributed by atoms with Crippen molar-refractivity contribution >= 4 is 34.4 Å². The van der Waals surface area contributed by atoms with Gasteiger partial charge in [-0.05, 0) is 42.0 Å². The lowest BCUT2D eigenvalue weighted by Crippen LogP contribution is -2.08. The van der Waals surface area contributed by atoms with Crippen molar-refractivity contribution in [1.29, 1.82) is 0 Å². The van der Waals surface area contributed by atoms with Crippen LogP contribution in [0.15, 0.2) is 101 Å². The van der Waals surface area contributed by atoms with Crippen LogP contribution in [0.2, 0.25) is 0 Å². The molecule has 1 heterocycles. The topological polar surface area (TPSA) is 118 Å². The Hall–Kier alpha value is -4.66. The highest BCUT2D eigenvalue weighted by Crippen LogP contribution is 2.32. The van der Waals surface area contributed by atoms with Crippen molar-refractivity contribution in [3.05, 3.63) is 107 Å². The van der Waals surface area contributed by atoms with Crippen molar-refractivity contribution in [2.45, 2.75) is 6.54 Å². The fraction of sp³-hybridized carbons (Fsp3) is 0.0435. The second-order valence-electron chi connectivity index (χ2n) is 6.72. The van der Waals surface area contributed by atoms with Crippen LogP contribution in [0.4, 0.5) is 34.4 Å². The van der Waals surface area contributed by atoms with E-state index in [-0.39, 0.29) is 17.3 Å². The first-order valence-corrected chi connectivity index (χ1v) is 9.80. The Balaban J connectivity index is 1.49. The Bertz CT molecular complexity index is 1210. The number of hydrogen-bond donors (Lipinski definition) is 2. The predicted octanol–water partition coefficient (Wildman–Crippen LogP) is 6.16. The summed E-state index contributed by atoms with van der Waals surface area (Å²) in [6.07, 6.45) is 1.28. The van der Waals surface area contributed by atoms with Crippen molar-refractivity contribution in [2.75, 3.05) is 10.6 Å². The Labute approximate surface area is 184 Å². The maximum Gasteiger partial charge on any atom is 0.353 e. The lowest BCUT2D eigenvalue weighted by Gasteiger charge is -2.10. The van der Waals surface area contributed by atoms with Crippen molar-refractivity contribution in [2.24, 2.45) is 10.2 Å². The third kappa shape index (κ3) is 5.28. The Morgan fingerprint density at radius 1 is 0.781 bits per heavy atom. The first kappa shape index (κ1) is 20.6. The maximum absolute atomic E-state index is 11.7. The molecule has 32 heavy (non-hydrogen) atoms. The summed E-state index contributed by atoms with van der Waals surface area (Å²) >= 11 is 0. The van der Waals surface area contributed by atoms with E-state index in [1.807, 2.05) is 60.7 Å². The molecule has 0 amide bonds. The minimum absolute atomic E-state index is 0.0965. The highest BCUT2D eigenvalue weighted by Gasteiger charge is 2.23. The van der Waals surface area contributed by atoms with E-state index >= 15 is 0 Å². The minimum Gasteiger partial charge on any atom is -0.360 e. The number of rotatable bonds is 8. The summed E-state index contributed by atoms with van der Waals surface area (Å²) in [5.74, 6) is 0.240. The van der Waals surface area contributed by atoms with Gasteiger partial charge in [-0.2, -0.15) is 10.2 Å². The van der Waals surface area contributed by atoms with Crippen LogP contribution in [0.3, 0.4) is 0 Å². The first-order chi connectivity index (χ1) is 15.7. The third-order valence-electron chi connectivity index (χ3n) is 4.47. The van der Waals surface area contributed by atoms with E-state index in [9.17, 15) is 10.1 Å². The molecule has 0 saturated heterocycles. The highest BCUT2D eigenvalue weighted by atomic mass is 16.6. The van der Waals surface area contributed by atoms with E-state index in [0.717, 1.165) is 11.3 Å². The largest absolute Gasteiger partial charge is 0.360 e. The zero-order valence-electron chi connectivity index (χ0n) is 16.9. The average molecular weight is 425 g/mol. The number of nitrogens with zero attached hydrogens (tertiary/aromatic N) is 5. The van der Waals surface area contributed by atoms with Crippen molar-refractivity contribution in [3.8, 4) is 0 Å². The molecule has 3 aromatic carbocycles. The van der Waals surface area contributed by atoms with Crippen LogP contribution >= 0.6 is 0 Å². The summed E-state index contributed by atoms with van der Waals surface area (Å²) in [6.45, 7) is 0.402. The van der Waals surface area contributed by atoms with E-state index in [4.69, 9.17) is 0 Å². The Morgan fingerprint density at radius 3 is 2.03 bits per heavy atom. The maximum atomic E-state index is 11.7. The molecule has 0 fully saturated rings. The van der Waals surface area contributed by atoms with Gasteiger partial charge in [0.05, 0.1) is 16.3 Å². The van der Waals surface area contributed by atoms with Crippen LogP contribution in [0.1, 0.15) is 5.56 Å². The zero-order valence-corrected chi connectivity index (χ0v) is 16.9. The van der Waals surface area contributed by atoms with Gasteiger partial charge in [0, 0.05) is 12.2 Å². The molecule has 0 radical (unpaired) electrons. The molecule has 158 valence electrons. The van der Waals surface area contributed by atoms with Crippen molar-refractivity contribution in [3.63, 3.8) is 0 Å². The van der Waals surface area contributed by atoms with Crippen molar-refractivity contribution < 1.29 is 4.92 Å². The van der Waals surface area contributed by atoms with Crippen LogP contribution in [0, 0.1) is 10.1 Å². The fourth-order valence-corrected chi connectivity index (χ4v) is 2.91. The summed E-state index contributed by atoms with van der Waals surface area (Å²) in [5, 5.41) is 26.1. The van der Waals surface area contributed by atoms with Gasteiger partial charge in [0.25, 0.3) is 0 Å². The molecule has 9 heteroatoms. The van der Waals surface area contributed by atoms with Gasteiger partial charge < -0.3 is 10.6 Å². The quantitative estimate of drug-likeness (QED) is 0.198. The van der Waals surface area contributed by atoms with E-state index in [2.05, 4.69) is 30.8 Å². The summed E-state index contributed by atoms with van der Waals surface area (Å²) < 4.78 is 0. The van der Waals surface area contributed by atoms with Gasteiger partial charge in [-0.1, -0.05) is 48.5 Å². The molecule has 0 saturated carbocycles. The number of anilines is 3. The Kier molecular flexibility index (Phi) is 6.37. The second kappa shape index (κ2) is 9.90. The molecule has 0 aliphatic carbocycles. The van der Waals surface area contributed by atoms with E-state index in [1.54, 1.807) is 24.3 Å². The molecule has 0 aliphatic rings. The third-order valence-corrected chi connectivity index (χ3v) is 4.47. The summed E-state index contributed by atoms with van der Waals surface area (Å²) in [7, 11) is 0. The number of benzene rings is 3. The van der Waals surface area contributed by atoms with E-state index in [0.29, 0.717) is 17.9 Å². The molecular formula is C23H19N7O2. The predicted molar refractivity (Wildman–Crippen MR) is 123 cm³/mol. The SMILES string of the molecule is O=[N+]([O-])c1c(NCc2ccccc2)ncnc1Nc1ccc(N=Nc2ccccc2)cc1. The van der Waals surface area contributed by atoms with Crippen LogP contribution < -0.4 is 10.6 Å². The number of hydrogen-bond acceptors (Lipinski definition) is 8. The first-order valence-electron chi connectivity index (χ1n) is 9.80. The molecule has 0 aliphatic heterocycles. The normalized spacial score (nSPS) is 10.8. The molecule has 1 aromatic heterocycles. The van der Waals surface area contributed by atoms with Crippen molar-refractivity contribution in [1.82, 2.24) is 9.97 Å². The van der Waals surface area contributed by atoms with E-state index in [1.165, 1.54) is 6.33 Å². The summed E-state index contributed by atoms with van der Waals surface area (Å²) in [6, 6.07) is 26.0. The van der Waals surface area contributed by atoms with Gasteiger partial charge in [0.15, 0.2) is 0 Å². The summed E-state index contributed by atoms with van der Waals surface area (Å²) in [4.78, 5) is 19.4. The number of azo groups is 1. The van der Waals surface area contributed by atoms with Crippen LogP contribution in [-0.2, 0) is 6.54 Å². The molecule has 0 unspecified atom stereocenters. The van der Waals surface area contributed by atoms with Gasteiger partial charge in [0.1, 0.15) is 6.33 Å². The molecule has 0 spiro atoms. The van der Waals surface area contributed by atoms with Crippen LogP contribution in [-0.4, -0.2) is 14.9 Å². The summed E-state index contributed by atoms with van der Waals surface area (Å²) in [5.41, 5.74) is 2.79. The standard InChI is InChI=1S/C23H19N7O2/c31-30(32)21-22(24-15-17-7-3-1-4-8-17)25-16-26-23(21)27-18-11-13-20(14-12-18)29-28-19-9-5-2-6-10-19/h1-14,16H,15H2,(H2,24,25,26,27). The van der Waals surface area contributed by atoms with Gasteiger partial charge >= 0.3 is 5.69 Å². The lowest BCUT2D eigenvalue weighted by atomic mass is 10.2. The molecule has 4 aromatic rings. The van der Waals surface area contributed by atoms with Crippen LogP contribution in [0.25, 0.3) is 0 Å². The van der Waals surface area contributed by atoms with Gasteiger partial charge in [-0.25, -0.2) is 9.97 Å². The zero-order chi connectivity index (χ0) is 22.2.